The van der Waals surface area contributed by atoms with E-state index in [-0.39, 0.29) is 11.7 Å². The van der Waals surface area contributed by atoms with E-state index in [1.165, 1.54) is 18.9 Å². The minimum absolute atomic E-state index is 0.242. The highest BCUT2D eigenvalue weighted by Gasteiger charge is 2.28. The molecule has 0 heterocycles. The SMILES string of the molecule is N#CC(c1c(F)cccc1Cl)C1CCCCCC1. The van der Waals surface area contributed by atoms with Gasteiger partial charge in [-0.1, -0.05) is 43.4 Å². The molecule has 0 saturated heterocycles. The van der Waals surface area contributed by atoms with E-state index in [2.05, 4.69) is 6.07 Å². The minimum atomic E-state index is -0.406. The third-order valence-corrected chi connectivity index (χ3v) is 4.15. The Morgan fingerprint density at radius 3 is 2.44 bits per heavy atom. The van der Waals surface area contributed by atoms with E-state index in [0.29, 0.717) is 10.6 Å². The van der Waals surface area contributed by atoms with Crippen LogP contribution in [0.3, 0.4) is 0 Å². The van der Waals surface area contributed by atoms with E-state index in [9.17, 15) is 9.65 Å². The van der Waals surface area contributed by atoms with Gasteiger partial charge in [-0.15, -0.1) is 0 Å². The Bertz CT molecular complexity index is 424. The van der Waals surface area contributed by atoms with Crippen LogP contribution in [0.4, 0.5) is 4.39 Å². The average Bonchev–Trinajstić information content (AvgIpc) is 2.63. The van der Waals surface area contributed by atoms with Gasteiger partial charge >= 0.3 is 0 Å². The van der Waals surface area contributed by atoms with E-state index in [0.717, 1.165) is 25.7 Å². The molecule has 1 fully saturated rings. The van der Waals surface area contributed by atoms with Gasteiger partial charge in [-0.05, 0) is 30.9 Å². The molecule has 0 spiro atoms. The van der Waals surface area contributed by atoms with Crippen LogP contribution in [0.5, 0.6) is 0 Å². The highest BCUT2D eigenvalue weighted by Crippen LogP contribution is 2.38. The van der Waals surface area contributed by atoms with Crippen molar-refractivity contribution in [1.82, 2.24) is 0 Å². The van der Waals surface area contributed by atoms with Gasteiger partial charge in [0.2, 0.25) is 0 Å². The van der Waals surface area contributed by atoms with Crippen molar-refractivity contribution in [3.63, 3.8) is 0 Å². The molecule has 18 heavy (non-hydrogen) atoms. The zero-order valence-corrected chi connectivity index (χ0v) is 11.1. The molecule has 0 N–H and O–H groups in total. The van der Waals surface area contributed by atoms with Gasteiger partial charge in [-0.3, -0.25) is 0 Å². The van der Waals surface area contributed by atoms with Crippen LogP contribution in [0.15, 0.2) is 18.2 Å². The molecule has 96 valence electrons. The minimum Gasteiger partial charge on any atom is -0.207 e. The summed E-state index contributed by atoms with van der Waals surface area (Å²) in [4.78, 5) is 0. The zero-order valence-electron chi connectivity index (χ0n) is 10.3. The Hall–Kier alpha value is -1.07. The second-order valence-electron chi connectivity index (χ2n) is 4.99. The lowest BCUT2D eigenvalue weighted by atomic mass is 9.82. The van der Waals surface area contributed by atoms with E-state index < -0.39 is 5.92 Å². The van der Waals surface area contributed by atoms with Crippen molar-refractivity contribution in [2.45, 2.75) is 44.4 Å². The van der Waals surface area contributed by atoms with Crippen molar-refractivity contribution in [2.24, 2.45) is 5.92 Å². The van der Waals surface area contributed by atoms with Crippen LogP contribution in [0.1, 0.15) is 50.0 Å². The average molecular weight is 266 g/mol. The van der Waals surface area contributed by atoms with Crippen LogP contribution in [-0.4, -0.2) is 0 Å². The standard InChI is InChI=1S/C15H17ClFN/c16-13-8-5-9-14(17)15(13)12(10-18)11-6-3-1-2-4-7-11/h5,8-9,11-12H,1-4,6-7H2. The van der Waals surface area contributed by atoms with Crippen LogP contribution in [-0.2, 0) is 0 Å². The van der Waals surface area contributed by atoms with Crippen LogP contribution in [0, 0.1) is 23.1 Å². The Kier molecular flexibility index (Phi) is 4.60. The van der Waals surface area contributed by atoms with Gasteiger partial charge in [-0.2, -0.15) is 5.26 Å². The summed E-state index contributed by atoms with van der Waals surface area (Å²) in [5.74, 6) is -0.512. The van der Waals surface area contributed by atoms with Crippen molar-refractivity contribution in [3.05, 3.63) is 34.6 Å². The van der Waals surface area contributed by atoms with Gasteiger partial charge < -0.3 is 0 Å². The summed E-state index contributed by atoms with van der Waals surface area (Å²) in [6.07, 6.45) is 6.72. The second-order valence-corrected chi connectivity index (χ2v) is 5.40. The highest BCUT2D eigenvalue weighted by molar-refractivity contribution is 6.31. The van der Waals surface area contributed by atoms with Gasteiger partial charge in [0.05, 0.1) is 12.0 Å². The molecule has 0 aliphatic heterocycles. The molecular formula is C15H17ClFN. The predicted octanol–water partition coefficient (Wildman–Crippen LogP) is 5.06. The summed E-state index contributed by atoms with van der Waals surface area (Å²) >= 11 is 6.07. The first-order valence-electron chi connectivity index (χ1n) is 6.57. The number of hydrogen-bond donors (Lipinski definition) is 0. The lowest BCUT2D eigenvalue weighted by Crippen LogP contribution is -2.13. The third kappa shape index (κ3) is 2.84. The fourth-order valence-electron chi connectivity index (χ4n) is 2.86. The second kappa shape index (κ2) is 6.20. The first-order valence-corrected chi connectivity index (χ1v) is 6.95. The summed E-state index contributed by atoms with van der Waals surface area (Å²) in [5, 5.41) is 9.78. The quantitative estimate of drug-likeness (QED) is 0.686. The summed E-state index contributed by atoms with van der Waals surface area (Å²) in [7, 11) is 0. The molecule has 0 amide bonds. The van der Waals surface area contributed by atoms with Gasteiger partial charge in [0.15, 0.2) is 0 Å². The van der Waals surface area contributed by atoms with Crippen LogP contribution in [0.25, 0.3) is 0 Å². The fourth-order valence-corrected chi connectivity index (χ4v) is 3.14. The van der Waals surface area contributed by atoms with Crippen molar-refractivity contribution in [1.29, 1.82) is 5.26 Å². The van der Waals surface area contributed by atoms with Gasteiger partial charge in [-0.25, -0.2) is 4.39 Å². The maximum absolute atomic E-state index is 13.9. The molecule has 1 aromatic carbocycles. The maximum atomic E-state index is 13.9. The number of rotatable bonds is 2. The molecule has 1 atom stereocenters. The van der Waals surface area contributed by atoms with Crippen molar-refractivity contribution in [2.75, 3.05) is 0 Å². The maximum Gasteiger partial charge on any atom is 0.129 e. The Morgan fingerprint density at radius 2 is 1.89 bits per heavy atom. The number of hydrogen-bond acceptors (Lipinski definition) is 1. The monoisotopic (exact) mass is 265 g/mol. The number of halogens is 2. The van der Waals surface area contributed by atoms with E-state index >= 15 is 0 Å². The topological polar surface area (TPSA) is 23.8 Å². The third-order valence-electron chi connectivity index (χ3n) is 3.82. The van der Waals surface area contributed by atoms with Crippen molar-refractivity contribution < 1.29 is 4.39 Å². The summed E-state index contributed by atoms with van der Waals surface area (Å²) < 4.78 is 13.9. The van der Waals surface area contributed by atoms with Crippen LogP contribution >= 0.6 is 11.6 Å². The van der Waals surface area contributed by atoms with Crippen LogP contribution in [0.2, 0.25) is 5.02 Å². The highest BCUT2D eigenvalue weighted by atomic mass is 35.5. The number of nitriles is 1. The van der Waals surface area contributed by atoms with Crippen molar-refractivity contribution >= 4 is 11.6 Å². The molecule has 0 radical (unpaired) electrons. The Labute approximate surface area is 113 Å². The first-order chi connectivity index (χ1) is 8.74. The molecule has 1 aromatic rings. The molecule has 1 aliphatic carbocycles. The molecule has 0 aromatic heterocycles. The lowest BCUT2D eigenvalue weighted by molar-refractivity contribution is 0.415. The van der Waals surface area contributed by atoms with E-state index in [1.807, 2.05) is 0 Å². The molecule has 1 nitrogen and oxygen atoms in total. The van der Waals surface area contributed by atoms with E-state index in [4.69, 9.17) is 11.6 Å². The predicted molar refractivity (Wildman–Crippen MR) is 71.0 cm³/mol. The summed E-state index contributed by atoms with van der Waals surface area (Å²) in [5.41, 5.74) is 0.397. The lowest BCUT2D eigenvalue weighted by Gasteiger charge is -2.21. The van der Waals surface area contributed by atoms with Gasteiger partial charge in [0, 0.05) is 10.6 Å². The largest absolute Gasteiger partial charge is 0.207 e. The molecule has 0 bridgehead atoms. The molecule has 3 heteroatoms. The first kappa shape index (κ1) is 13.4. The number of benzene rings is 1. The Morgan fingerprint density at radius 1 is 1.22 bits per heavy atom. The molecule has 1 aliphatic rings. The smallest absolute Gasteiger partial charge is 0.129 e. The Balaban J connectivity index is 2.30. The molecule has 1 saturated carbocycles. The van der Waals surface area contributed by atoms with Crippen LogP contribution < -0.4 is 0 Å². The normalized spacial score (nSPS) is 18.9. The summed E-state index contributed by atoms with van der Waals surface area (Å²) in [6.45, 7) is 0. The van der Waals surface area contributed by atoms with Gasteiger partial charge in [0.1, 0.15) is 5.82 Å². The van der Waals surface area contributed by atoms with E-state index in [1.54, 1.807) is 12.1 Å². The molecule has 1 unspecified atom stereocenters. The number of nitrogens with zero attached hydrogens (tertiary/aromatic N) is 1. The van der Waals surface area contributed by atoms with Crippen molar-refractivity contribution in [3.8, 4) is 6.07 Å². The molecular weight excluding hydrogens is 249 g/mol. The van der Waals surface area contributed by atoms with Gasteiger partial charge in [0.25, 0.3) is 0 Å². The molecule has 2 rings (SSSR count). The fraction of sp³-hybridized carbons (Fsp3) is 0.533. The zero-order chi connectivity index (χ0) is 13.0. The summed E-state index contributed by atoms with van der Waals surface area (Å²) in [6, 6.07) is 6.92.